The molecule has 1 heterocycles. The summed E-state index contributed by atoms with van der Waals surface area (Å²) in [7, 11) is 0. The van der Waals surface area contributed by atoms with Crippen molar-refractivity contribution >= 4 is 22.5 Å². The highest BCUT2D eigenvalue weighted by molar-refractivity contribution is 5.93. The van der Waals surface area contributed by atoms with Crippen LogP contribution in [0.1, 0.15) is 13.3 Å². The lowest BCUT2D eigenvalue weighted by molar-refractivity contribution is -0.117. The van der Waals surface area contributed by atoms with Crippen LogP contribution in [0.3, 0.4) is 0 Å². The van der Waals surface area contributed by atoms with Gasteiger partial charge in [0, 0.05) is 12.3 Å². The van der Waals surface area contributed by atoms with E-state index in [1.807, 2.05) is 43.3 Å². The topological polar surface area (TPSA) is 77.2 Å². The molecule has 0 bridgehead atoms. The predicted octanol–water partition coefficient (Wildman–Crippen LogP) is 3.70. The van der Waals surface area contributed by atoms with Crippen molar-refractivity contribution in [1.29, 1.82) is 0 Å². The number of nitrogens with zero attached hydrogens (tertiary/aromatic N) is 1. The zero-order valence-corrected chi connectivity index (χ0v) is 13.4. The van der Waals surface area contributed by atoms with Crippen molar-refractivity contribution in [3.63, 3.8) is 0 Å². The molecule has 0 aliphatic carbocycles. The van der Waals surface area contributed by atoms with Gasteiger partial charge in [-0.25, -0.2) is 4.98 Å². The lowest BCUT2D eigenvalue weighted by Crippen LogP contribution is -2.35. The van der Waals surface area contributed by atoms with E-state index in [2.05, 4.69) is 16.4 Å². The summed E-state index contributed by atoms with van der Waals surface area (Å²) in [6.45, 7) is 1.86. The molecule has 0 saturated heterocycles. The van der Waals surface area contributed by atoms with Gasteiger partial charge in [0.25, 0.3) is 0 Å². The van der Waals surface area contributed by atoms with Gasteiger partial charge in [0.05, 0.1) is 6.04 Å². The molecule has 0 saturated carbocycles. The molecule has 1 aromatic heterocycles. The first-order valence-corrected chi connectivity index (χ1v) is 7.85. The van der Waals surface area contributed by atoms with Crippen LogP contribution in [0.5, 0.6) is 11.5 Å². The second-order valence-corrected chi connectivity index (χ2v) is 5.49. The van der Waals surface area contributed by atoms with Crippen LogP contribution in [-0.4, -0.2) is 16.9 Å². The molecular weight excluding hydrogens is 302 g/mol. The number of anilines is 1. The van der Waals surface area contributed by atoms with Crippen LogP contribution >= 0.6 is 0 Å². The van der Waals surface area contributed by atoms with E-state index in [9.17, 15) is 4.79 Å². The number of ether oxygens (including phenoxy) is 1. The molecule has 0 aliphatic rings. The number of rotatable bonds is 5. The average Bonchev–Trinajstić information content (AvgIpc) is 2.61. The molecule has 0 radical (unpaired) electrons. The van der Waals surface area contributed by atoms with Gasteiger partial charge in [0.1, 0.15) is 17.3 Å². The van der Waals surface area contributed by atoms with Crippen LogP contribution in [0.15, 0.2) is 60.8 Å². The number of nitrogens with one attached hydrogen (secondary N) is 1. The third-order valence-corrected chi connectivity index (χ3v) is 3.72. The SMILES string of the molecule is CCC(N)C(=O)Nc1cc(Oc2ccc3ccccc3c2)ccn1. The fourth-order valence-electron chi connectivity index (χ4n) is 2.31. The first-order chi connectivity index (χ1) is 11.7. The van der Waals surface area contributed by atoms with E-state index < -0.39 is 6.04 Å². The zero-order chi connectivity index (χ0) is 16.9. The molecule has 3 aromatic rings. The second kappa shape index (κ2) is 7.10. The van der Waals surface area contributed by atoms with Crippen LogP contribution in [0.4, 0.5) is 5.82 Å². The Morgan fingerprint density at radius 3 is 2.67 bits per heavy atom. The van der Waals surface area contributed by atoms with Crippen molar-refractivity contribution in [2.75, 3.05) is 5.32 Å². The van der Waals surface area contributed by atoms with Gasteiger partial charge >= 0.3 is 0 Å². The molecule has 1 unspecified atom stereocenters. The lowest BCUT2D eigenvalue weighted by atomic mass is 10.1. The minimum Gasteiger partial charge on any atom is -0.457 e. The molecule has 3 N–H and O–H groups in total. The third kappa shape index (κ3) is 3.70. The molecule has 2 aromatic carbocycles. The van der Waals surface area contributed by atoms with Gasteiger partial charge < -0.3 is 15.8 Å². The molecule has 0 fully saturated rings. The van der Waals surface area contributed by atoms with Gasteiger partial charge in [-0.3, -0.25) is 4.79 Å². The fourth-order valence-corrected chi connectivity index (χ4v) is 2.31. The highest BCUT2D eigenvalue weighted by atomic mass is 16.5. The van der Waals surface area contributed by atoms with E-state index >= 15 is 0 Å². The minimum atomic E-state index is -0.545. The standard InChI is InChI=1S/C19H19N3O2/c1-2-17(20)19(23)22-18-12-16(9-10-21-18)24-15-8-7-13-5-3-4-6-14(13)11-15/h3-12,17H,2,20H2,1H3,(H,21,22,23). The van der Waals surface area contributed by atoms with Crippen LogP contribution < -0.4 is 15.8 Å². The number of benzene rings is 2. The van der Waals surface area contributed by atoms with E-state index in [1.165, 1.54) is 0 Å². The number of nitrogens with two attached hydrogens (primary N) is 1. The summed E-state index contributed by atoms with van der Waals surface area (Å²) in [5.74, 6) is 1.48. The van der Waals surface area contributed by atoms with Crippen LogP contribution in [-0.2, 0) is 4.79 Å². The van der Waals surface area contributed by atoms with Crippen molar-refractivity contribution in [1.82, 2.24) is 4.98 Å². The number of aromatic nitrogens is 1. The number of pyridine rings is 1. The summed E-state index contributed by atoms with van der Waals surface area (Å²) in [6.07, 6.45) is 2.16. The van der Waals surface area contributed by atoms with Crippen molar-refractivity contribution < 1.29 is 9.53 Å². The van der Waals surface area contributed by atoms with E-state index in [0.717, 1.165) is 16.5 Å². The predicted molar refractivity (Wildman–Crippen MR) is 95.2 cm³/mol. The van der Waals surface area contributed by atoms with Crippen molar-refractivity contribution in [3.05, 3.63) is 60.8 Å². The number of carbonyl (C=O) groups is 1. The molecule has 24 heavy (non-hydrogen) atoms. The molecular formula is C19H19N3O2. The van der Waals surface area contributed by atoms with Gasteiger partial charge in [-0.1, -0.05) is 37.3 Å². The summed E-state index contributed by atoms with van der Waals surface area (Å²) in [5, 5.41) is 4.95. The Hall–Kier alpha value is -2.92. The maximum atomic E-state index is 11.8. The first kappa shape index (κ1) is 16.0. The van der Waals surface area contributed by atoms with Gasteiger partial charge in [-0.15, -0.1) is 0 Å². The van der Waals surface area contributed by atoms with Crippen molar-refractivity contribution in [2.24, 2.45) is 5.73 Å². The number of fused-ring (bicyclic) bond motifs is 1. The summed E-state index contributed by atoms with van der Waals surface area (Å²) >= 11 is 0. The van der Waals surface area contributed by atoms with Crippen molar-refractivity contribution in [2.45, 2.75) is 19.4 Å². The Labute approximate surface area is 140 Å². The molecule has 5 nitrogen and oxygen atoms in total. The Bertz CT molecular complexity index is 864. The lowest BCUT2D eigenvalue weighted by Gasteiger charge is -2.11. The summed E-state index contributed by atoms with van der Waals surface area (Å²) in [4.78, 5) is 16.0. The summed E-state index contributed by atoms with van der Waals surface area (Å²) < 4.78 is 5.87. The second-order valence-electron chi connectivity index (χ2n) is 5.49. The number of carbonyl (C=O) groups excluding carboxylic acids is 1. The molecule has 122 valence electrons. The zero-order valence-electron chi connectivity index (χ0n) is 13.4. The average molecular weight is 321 g/mol. The Morgan fingerprint density at radius 1 is 1.12 bits per heavy atom. The smallest absolute Gasteiger partial charge is 0.242 e. The van der Waals surface area contributed by atoms with Gasteiger partial charge in [-0.2, -0.15) is 0 Å². The van der Waals surface area contributed by atoms with Crippen LogP contribution in [0.25, 0.3) is 10.8 Å². The molecule has 3 rings (SSSR count). The van der Waals surface area contributed by atoms with E-state index in [0.29, 0.717) is 18.0 Å². The Kier molecular flexibility index (Phi) is 4.72. The maximum Gasteiger partial charge on any atom is 0.242 e. The summed E-state index contributed by atoms with van der Waals surface area (Å²) in [5.41, 5.74) is 5.71. The van der Waals surface area contributed by atoms with Gasteiger partial charge in [0.15, 0.2) is 0 Å². The van der Waals surface area contributed by atoms with Crippen molar-refractivity contribution in [3.8, 4) is 11.5 Å². The number of amides is 1. The highest BCUT2D eigenvalue weighted by Gasteiger charge is 2.12. The fraction of sp³-hybridized carbons (Fsp3) is 0.158. The largest absolute Gasteiger partial charge is 0.457 e. The number of hydrogen-bond acceptors (Lipinski definition) is 4. The Morgan fingerprint density at radius 2 is 1.88 bits per heavy atom. The quantitative estimate of drug-likeness (QED) is 0.751. The van der Waals surface area contributed by atoms with Gasteiger partial charge in [-0.05, 0) is 35.4 Å². The highest BCUT2D eigenvalue weighted by Crippen LogP contribution is 2.26. The molecule has 1 atom stereocenters. The first-order valence-electron chi connectivity index (χ1n) is 7.85. The normalized spacial score (nSPS) is 11.9. The van der Waals surface area contributed by atoms with Crippen LogP contribution in [0.2, 0.25) is 0 Å². The molecule has 0 aliphatic heterocycles. The van der Waals surface area contributed by atoms with E-state index in [1.54, 1.807) is 18.3 Å². The molecule has 5 heteroatoms. The number of hydrogen-bond donors (Lipinski definition) is 2. The molecule has 1 amide bonds. The van der Waals surface area contributed by atoms with E-state index in [-0.39, 0.29) is 5.91 Å². The monoisotopic (exact) mass is 321 g/mol. The maximum absolute atomic E-state index is 11.8. The third-order valence-electron chi connectivity index (χ3n) is 3.72. The Balaban J connectivity index is 1.77. The summed E-state index contributed by atoms with van der Waals surface area (Å²) in [6, 6.07) is 16.8. The van der Waals surface area contributed by atoms with Crippen LogP contribution in [0, 0.1) is 0 Å². The minimum absolute atomic E-state index is 0.257. The molecule has 0 spiro atoms. The van der Waals surface area contributed by atoms with Gasteiger partial charge in [0.2, 0.25) is 5.91 Å². The van der Waals surface area contributed by atoms with E-state index in [4.69, 9.17) is 10.5 Å².